The normalized spacial score (nSPS) is 20.2. The predicted molar refractivity (Wildman–Crippen MR) is 74.9 cm³/mol. The first kappa shape index (κ1) is 15.0. The van der Waals surface area contributed by atoms with Crippen molar-refractivity contribution in [3.05, 3.63) is 35.4 Å². The molecule has 1 unspecified atom stereocenters. The van der Waals surface area contributed by atoms with Gasteiger partial charge in [-0.2, -0.15) is 0 Å². The van der Waals surface area contributed by atoms with Gasteiger partial charge in [-0.25, -0.2) is 0 Å². The first-order valence-electron chi connectivity index (χ1n) is 6.00. The molecule has 4 nitrogen and oxygen atoms in total. The van der Waals surface area contributed by atoms with Crippen molar-refractivity contribution in [3.8, 4) is 0 Å². The number of rotatable bonds is 3. The van der Waals surface area contributed by atoms with Crippen molar-refractivity contribution in [1.82, 2.24) is 10.2 Å². The molecule has 0 bridgehead atoms. The van der Waals surface area contributed by atoms with Gasteiger partial charge < -0.3 is 11.1 Å². The molecule has 1 saturated heterocycles. The minimum absolute atomic E-state index is 0. The first-order valence-corrected chi connectivity index (χ1v) is 6.00. The molecule has 0 aliphatic carbocycles. The second-order valence-electron chi connectivity index (χ2n) is 4.58. The lowest BCUT2D eigenvalue weighted by Gasteiger charge is -2.33. The Bertz CT molecular complexity index is 394. The van der Waals surface area contributed by atoms with E-state index in [1.165, 1.54) is 5.56 Å². The molecule has 0 radical (unpaired) electrons. The lowest BCUT2D eigenvalue weighted by atomic mass is 10.1. The first-order chi connectivity index (χ1) is 8.16. The third kappa shape index (κ3) is 3.70. The van der Waals surface area contributed by atoms with E-state index < -0.39 is 0 Å². The van der Waals surface area contributed by atoms with Gasteiger partial charge in [-0.15, -0.1) is 12.4 Å². The zero-order valence-corrected chi connectivity index (χ0v) is 11.4. The number of nitrogens with one attached hydrogen (secondary N) is 1. The summed E-state index contributed by atoms with van der Waals surface area (Å²) in [4.78, 5) is 13.4. The number of amides is 1. The van der Waals surface area contributed by atoms with Crippen LogP contribution in [0.15, 0.2) is 24.3 Å². The van der Waals surface area contributed by atoms with Crippen molar-refractivity contribution < 1.29 is 4.79 Å². The van der Waals surface area contributed by atoms with Crippen LogP contribution in [0.2, 0.25) is 0 Å². The van der Waals surface area contributed by atoms with Gasteiger partial charge in [-0.3, -0.25) is 9.69 Å². The molecule has 5 heteroatoms. The van der Waals surface area contributed by atoms with E-state index in [1.54, 1.807) is 12.1 Å². The Hall–Kier alpha value is -1.10. The van der Waals surface area contributed by atoms with Crippen molar-refractivity contribution in [2.45, 2.75) is 19.5 Å². The van der Waals surface area contributed by atoms with Crippen molar-refractivity contribution >= 4 is 18.3 Å². The van der Waals surface area contributed by atoms with E-state index in [0.29, 0.717) is 11.6 Å². The Balaban J connectivity index is 0.00000162. The smallest absolute Gasteiger partial charge is 0.248 e. The Morgan fingerprint density at radius 2 is 2.11 bits per heavy atom. The van der Waals surface area contributed by atoms with Gasteiger partial charge in [0.1, 0.15) is 0 Å². The molecule has 2 rings (SSSR count). The summed E-state index contributed by atoms with van der Waals surface area (Å²) in [5.41, 5.74) is 7.01. The zero-order chi connectivity index (χ0) is 12.3. The minimum atomic E-state index is -0.368. The quantitative estimate of drug-likeness (QED) is 0.861. The van der Waals surface area contributed by atoms with E-state index >= 15 is 0 Å². The molecule has 1 amide bonds. The van der Waals surface area contributed by atoms with Crippen LogP contribution in [0.1, 0.15) is 22.8 Å². The maximum absolute atomic E-state index is 11.0. The maximum atomic E-state index is 11.0. The van der Waals surface area contributed by atoms with Crippen LogP contribution in [0.3, 0.4) is 0 Å². The molecule has 1 atom stereocenters. The van der Waals surface area contributed by atoms with Crippen LogP contribution in [0.25, 0.3) is 0 Å². The molecule has 0 saturated carbocycles. The summed E-state index contributed by atoms with van der Waals surface area (Å²) in [6.07, 6.45) is 0. The van der Waals surface area contributed by atoms with E-state index in [1.807, 2.05) is 12.1 Å². The van der Waals surface area contributed by atoms with E-state index in [-0.39, 0.29) is 18.3 Å². The van der Waals surface area contributed by atoms with Crippen LogP contribution >= 0.6 is 12.4 Å². The highest BCUT2D eigenvalue weighted by atomic mass is 35.5. The number of halogens is 1. The Labute approximate surface area is 114 Å². The Morgan fingerprint density at radius 1 is 1.44 bits per heavy atom. The van der Waals surface area contributed by atoms with E-state index in [0.717, 1.165) is 26.2 Å². The molecule has 1 fully saturated rings. The van der Waals surface area contributed by atoms with Gasteiger partial charge in [-0.05, 0) is 24.6 Å². The number of carbonyl (C=O) groups excluding carboxylic acids is 1. The number of hydrogen-bond acceptors (Lipinski definition) is 3. The maximum Gasteiger partial charge on any atom is 0.248 e. The second-order valence-corrected chi connectivity index (χ2v) is 4.58. The van der Waals surface area contributed by atoms with Crippen molar-refractivity contribution in [1.29, 1.82) is 0 Å². The van der Waals surface area contributed by atoms with Gasteiger partial charge in [0.2, 0.25) is 5.91 Å². The number of hydrogen-bond donors (Lipinski definition) is 2. The van der Waals surface area contributed by atoms with E-state index in [4.69, 9.17) is 5.73 Å². The lowest BCUT2D eigenvalue weighted by molar-refractivity contribution is 0.1000. The molecule has 3 N–H and O–H groups in total. The highest BCUT2D eigenvalue weighted by Crippen LogP contribution is 2.11. The van der Waals surface area contributed by atoms with Crippen molar-refractivity contribution in [3.63, 3.8) is 0 Å². The van der Waals surface area contributed by atoms with Crippen molar-refractivity contribution in [2.75, 3.05) is 19.6 Å². The SMILES string of the molecule is CC1CNCCN1Cc1ccc(C(N)=O)cc1.Cl. The number of primary amides is 1. The standard InChI is InChI=1S/C13H19N3O.ClH/c1-10-8-15-6-7-16(10)9-11-2-4-12(5-3-11)13(14)17;/h2-5,10,15H,6-9H2,1H3,(H2,14,17);1H. The van der Waals surface area contributed by atoms with Crippen LogP contribution < -0.4 is 11.1 Å². The summed E-state index contributed by atoms with van der Waals surface area (Å²) >= 11 is 0. The van der Waals surface area contributed by atoms with Crippen LogP contribution in [0, 0.1) is 0 Å². The zero-order valence-electron chi connectivity index (χ0n) is 10.6. The summed E-state index contributed by atoms with van der Waals surface area (Å²) in [6, 6.07) is 8.11. The summed E-state index contributed by atoms with van der Waals surface area (Å²) in [6.45, 7) is 6.31. The summed E-state index contributed by atoms with van der Waals surface area (Å²) < 4.78 is 0. The second kappa shape index (κ2) is 6.73. The molecule has 1 aromatic rings. The fourth-order valence-electron chi connectivity index (χ4n) is 2.13. The van der Waals surface area contributed by atoms with Gasteiger partial charge in [-0.1, -0.05) is 12.1 Å². The largest absolute Gasteiger partial charge is 0.366 e. The van der Waals surface area contributed by atoms with Gasteiger partial charge in [0.05, 0.1) is 0 Å². The molecule has 1 aliphatic heterocycles. The van der Waals surface area contributed by atoms with Gasteiger partial charge >= 0.3 is 0 Å². The Morgan fingerprint density at radius 3 is 2.67 bits per heavy atom. The van der Waals surface area contributed by atoms with Gasteiger partial charge in [0.25, 0.3) is 0 Å². The number of nitrogens with two attached hydrogens (primary N) is 1. The Kier molecular flexibility index (Phi) is 5.59. The molecule has 0 aromatic heterocycles. The van der Waals surface area contributed by atoms with Crippen LogP contribution in [-0.2, 0) is 6.54 Å². The molecule has 1 aromatic carbocycles. The summed E-state index contributed by atoms with van der Waals surface area (Å²) in [7, 11) is 0. The minimum Gasteiger partial charge on any atom is -0.366 e. The lowest BCUT2D eigenvalue weighted by Crippen LogP contribution is -2.49. The van der Waals surface area contributed by atoms with Gasteiger partial charge in [0, 0.05) is 37.8 Å². The van der Waals surface area contributed by atoms with Crippen LogP contribution in [0.4, 0.5) is 0 Å². The topological polar surface area (TPSA) is 58.4 Å². The average Bonchev–Trinajstić information content (AvgIpc) is 2.33. The molecule has 18 heavy (non-hydrogen) atoms. The third-order valence-electron chi connectivity index (χ3n) is 3.26. The van der Waals surface area contributed by atoms with Crippen molar-refractivity contribution in [2.24, 2.45) is 5.73 Å². The predicted octanol–water partition coefficient (Wildman–Crippen LogP) is 1.00. The number of nitrogens with zero attached hydrogens (tertiary/aromatic N) is 1. The monoisotopic (exact) mass is 269 g/mol. The molecular weight excluding hydrogens is 250 g/mol. The number of carbonyl (C=O) groups is 1. The molecule has 1 heterocycles. The van der Waals surface area contributed by atoms with Gasteiger partial charge in [0.15, 0.2) is 0 Å². The number of piperazine rings is 1. The van der Waals surface area contributed by atoms with E-state index in [2.05, 4.69) is 17.1 Å². The number of benzene rings is 1. The highest BCUT2D eigenvalue weighted by Gasteiger charge is 2.17. The fraction of sp³-hybridized carbons (Fsp3) is 0.462. The fourth-order valence-corrected chi connectivity index (χ4v) is 2.13. The van der Waals surface area contributed by atoms with Crippen LogP contribution in [0.5, 0.6) is 0 Å². The third-order valence-corrected chi connectivity index (χ3v) is 3.26. The summed E-state index contributed by atoms with van der Waals surface area (Å²) in [5.74, 6) is -0.368. The molecule has 0 spiro atoms. The molecular formula is C13H20ClN3O. The van der Waals surface area contributed by atoms with E-state index in [9.17, 15) is 4.79 Å². The van der Waals surface area contributed by atoms with Crippen LogP contribution in [-0.4, -0.2) is 36.5 Å². The summed E-state index contributed by atoms with van der Waals surface area (Å²) in [5, 5.41) is 3.37. The molecule has 1 aliphatic rings. The molecule has 100 valence electrons. The average molecular weight is 270 g/mol. The highest BCUT2D eigenvalue weighted by molar-refractivity contribution is 5.92.